The summed E-state index contributed by atoms with van der Waals surface area (Å²) in [5.41, 5.74) is 0.705. The summed E-state index contributed by atoms with van der Waals surface area (Å²) >= 11 is 11.5. The number of rotatable bonds is 2. The molecule has 1 aromatic heterocycles. The van der Waals surface area contributed by atoms with Gasteiger partial charge in [-0.15, -0.1) is 0 Å². The third kappa shape index (κ3) is 2.72. The highest BCUT2D eigenvalue weighted by Gasteiger charge is 2.08. The van der Waals surface area contributed by atoms with Crippen molar-refractivity contribution in [1.82, 2.24) is 9.97 Å². The molecule has 0 amide bonds. The summed E-state index contributed by atoms with van der Waals surface area (Å²) in [5, 5.41) is 9.29. The molecule has 0 atom stereocenters. The molecule has 0 aliphatic carbocycles. The Morgan fingerprint density at radius 2 is 1.76 bits per heavy atom. The molecule has 0 radical (unpaired) electrons. The van der Waals surface area contributed by atoms with Crippen molar-refractivity contribution in [1.29, 1.82) is 0 Å². The third-order valence-corrected chi connectivity index (χ3v) is 2.42. The molecule has 1 heterocycles. The Bertz CT molecular complexity index is 567. The summed E-state index contributed by atoms with van der Waals surface area (Å²) in [7, 11) is 0. The molecule has 0 saturated heterocycles. The van der Waals surface area contributed by atoms with Crippen molar-refractivity contribution in [2.45, 2.75) is 0 Å². The average molecular weight is 269 g/mol. The molecule has 0 bridgehead atoms. The van der Waals surface area contributed by atoms with Gasteiger partial charge >= 0.3 is 5.97 Å². The fourth-order valence-electron chi connectivity index (χ4n) is 1.31. The standard InChI is InChI=1S/C11H6Cl2N2O2/c12-8-5-9(13)15-10(14-8)6-2-1-3-7(4-6)11(16)17/h1-5H,(H,16,17). The van der Waals surface area contributed by atoms with Gasteiger partial charge in [0.05, 0.1) is 5.56 Å². The molecule has 0 aliphatic heterocycles. The first-order chi connectivity index (χ1) is 8.06. The van der Waals surface area contributed by atoms with Crippen LogP contribution in [0.15, 0.2) is 30.3 Å². The first kappa shape index (κ1) is 11.8. The van der Waals surface area contributed by atoms with Gasteiger partial charge in [-0.05, 0) is 12.1 Å². The number of aromatic carboxylic acids is 1. The molecule has 2 rings (SSSR count). The van der Waals surface area contributed by atoms with Crippen LogP contribution in [-0.2, 0) is 0 Å². The van der Waals surface area contributed by atoms with E-state index in [1.54, 1.807) is 12.1 Å². The maximum atomic E-state index is 10.8. The lowest BCUT2D eigenvalue weighted by Gasteiger charge is -2.02. The summed E-state index contributed by atoms with van der Waals surface area (Å²) in [5.74, 6) is -0.717. The predicted molar refractivity (Wildman–Crippen MR) is 64.4 cm³/mol. The number of carboxylic acids is 1. The van der Waals surface area contributed by atoms with Crippen molar-refractivity contribution in [2.75, 3.05) is 0 Å². The van der Waals surface area contributed by atoms with E-state index in [9.17, 15) is 4.79 Å². The quantitative estimate of drug-likeness (QED) is 0.850. The number of carbonyl (C=O) groups is 1. The lowest BCUT2D eigenvalue weighted by molar-refractivity contribution is 0.0697. The van der Waals surface area contributed by atoms with Crippen LogP contribution in [0.5, 0.6) is 0 Å². The SMILES string of the molecule is O=C(O)c1cccc(-c2nc(Cl)cc(Cl)n2)c1. The van der Waals surface area contributed by atoms with Gasteiger partial charge < -0.3 is 5.11 Å². The van der Waals surface area contributed by atoms with Gasteiger partial charge in [0.2, 0.25) is 0 Å². The molecule has 2 aromatic rings. The Labute approximate surface area is 107 Å². The van der Waals surface area contributed by atoms with Crippen LogP contribution in [0.25, 0.3) is 11.4 Å². The van der Waals surface area contributed by atoms with E-state index in [0.717, 1.165) is 0 Å². The van der Waals surface area contributed by atoms with Crippen molar-refractivity contribution >= 4 is 29.2 Å². The molecule has 4 nitrogen and oxygen atoms in total. The molecule has 6 heteroatoms. The first-order valence-corrected chi connectivity index (χ1v) is 5.35. The molecular weight excluding hydrogens is 263 g/mol. The fourth-order valence-corrected chi connectivity index (χ4v) is 1.73. The van der Waals surface area contributed by atoms with Gasteiger partial charge in [-0.1, -0.05) is 35.3 Å². The monoisotopic (exact) mass is 268 g/mol. The number of aromatic nitrogens is 2. The van der Waals surface area contributed by atoms with Crippen LogP contribution in [0.1, 0.15) is 10.4 Å². The van der Waals surface area contributed by atoms with Crippen LogP contribution in [0.2, 0.25) is 10.3 Å². The van der Waals surface area contributed by atoms with E-state index in [1.165, 1.54) is 18.2 Å². The van der Waals surface area contributed by atoms with E-state index < -0.39 is 5.97 Å². The van der Waals surface area contributed by atoms with Crippen molar-refractivity contribution < 1.29 is 9.90 Å². The van der Waals surface area contributed by atoms with Crippen LogP contribution in [0.4, 0.5) is 0 Å². The van der Waals surface area contributed by atoms with Crippen molar-refractivity contribution in [2.24, 2.45) is 0 Å². The molecule has 1 aromatic carbocycles. The van der Waals surface area contributed by atoms with Gasteiger partial charge in [-0.3, -0.25) is 0 Å². The number of carboxylic acid groups (broad SMARTS) is 1. The van der Waals surface area contributed by atoms with E-state index >= 15 is 0 Å². The summed E-state index contributed by atoms with van der Waals surface area (Å²) in [6.07, 6.45) is 0. The number of hydrogen-bond donors (Lipinski definition) is 1. The second kappa shape index (κ2) is 4.69. The second-order valence-electron chi connectivity index (χ2n) is 3.22. The van der Waals surface area contributed by atoms with Gasteiger partial charge in [0, 0.05) is 11.6 Å². The van der Waals surface area contributed by atoms with Crippen molar-refractivity contribution in [3.8, 4) is 11.4 Å². The van der Waals surface area contributed by atoms with E-state index in [2.05, 4.69) is 9.97 Å². The summed E-state index contributed by atoms with van der Waals surface area (Å²) in [6, 6.07) is 7.65. The highest BCUT2D eigenvalue weighted by atomic mass is 35.5. The molecule has 0 fully saturated rings. The Morgan fingerprint density at radius 1 is 1.12 bits per heavy atom. The molecule has 86 valence electrons. The molecule has 17 heavy (non-hydrogen) atoms. The molecule has 0 aliphatic rings. The van der Waals surface area contributed by atoms with Gasteiger partial charge in [0.15, 0.2) is 5.82 Å². The maximum absolute atomic E-state index is 10.8. The zero-order valence-corrected chi connectivity index (χ0v) is 9.90. The normalized spacial score (nSPS) is 10.2. The van der Waals surface area contributed by atoms with Crippen molar-refractivity contribution in [3.63, 3.8) is 0 Å². The van der Waals surface area contributed by atoms with Crippen LogP contribution in [0.3, 0.4) is 0 Å². The summed E-state index contributed by atoms with van der Waals surface area (Å²) < 4.78 is 0. The number of hydrogen-bond acceptors (Lipinski definition) is 3. The third-order valence-electron chi connectivity index (χ3n) is 2.03. The minimum atomic E-state index is -1.01. The zero-order chi connectivity index (χ0) is 12.4. The molecular formula is C11H6Cl2N2O2. The van der Waals surface area contributed by atoms with E-state index in [-0.39, 0.29) is 15.9 Å². The minimum Gasteiger partial charge on any atom is -0.478 e. The highest BCUT2D eigenvalue weighted by Crippen LogP contribution is 2.21. The fraction of sp³-hybridized carbons (Fsp3) is 0. The number of nitrogens with zero attached hydrogens (tertiary/aromatic N) is 2. The number of benzene rings is 1. The van der Waals surface area contributed by atoms with Gasteiger partial charge in [0.25, 0.3) is 0 Å². The van der Waals surface area contributed by atoms with Crippen LogP contribution in [-0.4, -0.2) is 21.0 Å². The second-order valence-corrected chi connectivity index (χ2v) is 4.00. The molecule has 0 unspecified atom stereocenters. The van der Waals surface area contributed by atoms with Gasteiger partial charge in [-0.25, -0.2) is 14.8 Å². The van der Waals surface area contributed by atoms with Crippen LogP contribution >= 0.6 is 23.2 Å². The Hall–Kier alpha value is -1.65. The highest BCUT2D eigenvalue weighted by molar-refractivity contribution is 6.33. The summed E-state index contributed by atoms with van der Waals surface area (Å²) in [4.78, 5) is 18.8. The smallest absolute Gasteiger partial charge is 0.335 e. The van der Waals surface area contributed by atoms with Crippen LogP contribution < -0.4 is 0 Å². The van der Waals surface area contributed by atoms with Crippen LogP contribution in [0, 0.1) is 0 Å². The topological polar surface area (TPSA) is 63.1 Å². The predicted octanol–water partition coefficient (Wildman–Crippen LogP) is 3.15. The van der Waals surface area contributed by atoms with Gasteiger partial charge in [-0.2, -0.15) is 0 Å². The Morgan fingerprint density at radius 3 is 2.35 bits per heavy atom. The van der Waals surface area contributed by atoms with Crippen molar-refractivity contribution in [3.05, 3.63) is 46.2 Å². The van der Waals surface area contributed by atoms with E-state index in [1.807, 2.05) is 0 Å². The molecule has 0 spiro atoms. The largest absolute Gasteiger partial charge is 0.478 e. The average Bonchev–Trinajstić information content (AvgIpc) is 2.28. The zero-order valence-electron chi connectivity index (χ0n) is 8.39. The van der Waals surface area contributed by atoms with E-state index in [0.29, 0.717) is 11.4 Å². The molecule has 1 N–H and O–H groups in total. The lowest BCUT2D eigenvalue weighted by Crippen LogP contribution is -1.97. The van der Waals surface area contributed by atoms with E-state index in [4.69, 9.17) is 28.3 Å². The van der Waals surface area contributed by atoms with Gasteiger partial charge in [0.1, 0.15) is 10.3 Å². The maximum Gasteiger partial charge on any atom is 0.335 e. The lowest BCUT2D eigenvalue weighted by atomic mass is 10.1. The minimum absolute atomic E-state index is 0.155. The Balaban J connectivity index is 2.52. The molecule has 0 saturated carbocycles. The number of halogens is 2. The first-order valence-electron chi connectivity index (χ1n) is 4.60. The Kier molecular flexibility index (Phi) is 3.26. The summed E-state index contributed by atoms with van der Waals surface area (Å²) in [6.45, 7) is 0.